The Labute approximate surface area is 178 Å². The lowest BCUT2D eigenvalue weighted by atomic mass is 9.98. The first kappa shape index (κ1) is 18.6. The molecule has 0 fully saturated rings. The monoisotopic (exact) mass is 415 g/mol. The van der Waals surface area contributed by atoms with E-state index in [4.69, 9.17) is 16.0 Å². The molecule has 4 nitrogen and oxygen atoms in total. The number of fused-ring (bicyclic) bond motifs is 2. The fourth-order valence-electron chi connectivity index (χ4n) is 4.03. The van der Waals surface area contributed by atoms with Crippen LogP contribution in [0.1, 0.15) is 38.9 Å². The zero-order chi connectivity index (χ0) is 20.8. The van der Waals surface area contributed by atoms with Gasteiger partial charge in [0.2, 0.25) is 5.76 Å². The molecule has 0 saturated heterocycles. The first-order valence-corrected chi connectivity index (χ1v) is 10.1. The summed E-state index contributed by atoms with van der Waals surface area (Å²) in [6.07, 6.45) is 0. The lowest BCUT2D eigenvalue weighted by Crippen LogP contribution is -2.29. The van der Waals surface area contributed by atoms with E-state index >= 15 is 0 Å². The van der Waals surface area contributed by atoms with Crippen LogP contribution in [0.15, 0.2) is 82.0 Å². The summed E-state index contributed by atoms with van der Waals surface area (Å²) in [7, 11) is 0. The minimum atomic E-state index is -0.519. The summed E-state index contributed by atoms with van der Waals surface area (Å²) in [4.78, 5) is 28.5. The smallest absolute Gasteiger partial charge is 0.291 e. The van der Waals surface area contributed by atoms with Crippen LogP contribution in [0.25, 0.3) is 11.0 Å². The van der Waals surface area contributed by atoms with Crippen LogP contribution in [0.5, 0.6) is 0 Å². The molecule has 5 rings (SSSR count). The van der Waals surface area contributed by atoms with E-state index in [9.17, 15) is 9.59 Å². The van der Waals surface area contributed by atoms with Crippen LogP contribution in [0.2, 0.25) is 5.02 Å². The standard InChI is InChI=1S/C25H18ClNO3/c1-15-7-9-16(10-8-15)14-27-22(17-5-3-2-4-6-17)21-23(28)19-13-18(26)11-12-20(19)30-24(21)25(27)29/h2-13,22H,14H2,1H3. The van der Waals surface area contributed by atoms with Crippen molar-refractivity contribution < 1.29 is 9.21 Å². The van der Waals surface area contributed by atoms with Crippen molar-refractivity contribution in [3.63, 3.8) is 0 Å². The second kappa shape index (κ2) is 7.15. The Kier molecular flexibility index (Phi) is 4.44. The number of aryl methyl sites for hydroxylation is 1. The topological polar surface area (TPSA) is 50.5 Å². The number of benzene rings is 3. The molecule has 2 heterocycles. The van der Waals surface area contributed by atoms with Crippen LogP contribution in [-0.4, -0.2) is 10.8 Å². The Bertz CT molecular complexity index is 1330. The first-order chi connectivity index (χ1) is 14.5. The minimum absolute atomic E-state index is 0.107. The van der Waals surface area contributed by atoms with Crippen LogP contribution in [0, 0.1) is 6.92 Å². The first-order valence-electron chi connectivity index (χ1n) is 9.70. The number of hydrogen-bond acceptors (Lipinski definition) is 3. The molecule has 148 valence electrons. The van der Waals surface area contributed by atoms with Crippen molar-refractivity contribution in [2.75, 3.05) is 0 Å². The number of carbonyl (C=O) groups excluding carboxylic acids is 1. The fraction of sp³-hybridized carbons (Fsp3) is 0.120. The van der Waals surface area contributed by atoms with Crippen molar-refractivity contribution in [2.24, 2.45) is 0 Å². The predicted molar refractivity (Wildman–Crippen MR) is 117 cm³/mol. The second-order valence-corrected chi connectivity index (χ2v) is 7.98. The van der Waals surface area contributed by atoms with E-state index in [1.54, 1.807) is 23.1 Å². The molecule has 1 aliphatic heterocycles. The van der Waals surface area contributed by atoms with Gasteiger partial charge in [-0.1, -0.05) is 71.8 Å². The van der Waals surface area contributed by atoms with Gasteiger partial charge in [0.05, 0.1) is 17.0 Å². The molecule has 0 N–H and O–H groups in total. The normalized spacial score (nSPS) is 15.6. The summed E-state index contributed by atoms with van der Waals surface area (Å²) in [5.41, 5.74) is 3.51. The van der Waals surface area contributed by atoms with Gasteiger partial charge in [-0.05, 0) is 36.2 Å². The molecule has 1 atom stereocenters. The number of nitrogens with zero attached hydrogens (tertiary/aromatic N) is 1. The van der Waals surface area contributed by atoms with Crippen molar-refractivity contribution in [2.45, 2.75) is 19.5 Å². The van der Waals surface area contributed by atoms with Gasteiger partial charge in [0, 0.05) is 11.6 Å². The van der Waals surface area contributed by atoms with Crippen LogP contribution in [-0.2, 0) is 6.54 Å². The Morgan fingerprint density at radius 2 is 1.70 bits per heavy atom. The van der Waals surface area contributed by atoms with Gasteiger partial charge in [-0.15, -0.1) is 0 Å². The molecule has 0 aliphatic carbocycles. The number of amides is 1. The third kappa shape index (κ3) is 3.01. The van der Waals surface area contributed by atoms with E-state index in [0.717, 1.165) is 16.7 Å². The third-order valence-electron chi connectivity index (χ3n) is 5.52. The van der Waals surface area contributed by atoms with Crippen LogP contribution < -0.4 is 5.43 Å². The van der Waals surface area contributed by atoms with Gasteiger partial charge in [-0.2, -0.15) is 0 Å². The molecule has 0 bridgehead atoms. The summed E-state index contributed by atoms with van der Waals surface area (Å²) < 4.78 is 5.94. The van der Waals surface area contributed by atoms with E-state index < -0.39 is 6.04 Å². The highest BCUT2D eigenvalue weighted by molar-refractivity contribution is 6.31. The highest BCUT2D eigenvalue weighted by atomic mass is 35.5. The van der Waals surface area contributed by atoms with Crippen molar-refractivity contribution in [1.82, 2.24) is 4.90 Å². The lowest BCUT2D eigenvalue weighted by molar-refractivity contribution is 0.0714. The van der Waals surface area contributed by atoms with Crippen molar-refractivity contribution >= 4 is 28.5 Å². The second-order valence-electron chi connectivity index (χ2n) is 7.55. The molecule has 0 radical (unpaired) electrons. The van der Waals surface area contributed by atoms with E-state index in [2.05, 4.69) is 0 Å². The highest BCUT2D eigenvalue weighted by Gasteiger charge is 2.42. The van der Waals surface area contributed by atoms with Gasteiger partial charge in [0.1, 0.15) is 5.58 Å². The zero-order valence-corrected chi connectivity index (χ0v) is 17.0. The summed E-state index contributed by atoms with van der Waals surface area (Å²) in [5.74, 6) is -0.177. The van der Waals surface area contributed by atoms with E-state index in [1.165, 1.54) is 0 Å². The van der Waals surface area contributed by atoms with Gasteiger partial charge in [-0.25, -0.2) is 0 Å². The molecule has 5 heteroatoms. The summed E-state index contributed by atoms with van der Waals surface area (Å²) >= 11 is 6.11. The van der Waals surface area contributed by atoms with Gasteiger partial charge in [0.15, 0.2) is 5.43 Å². The molecule has 30 heavy (non-hydrogen) atoms. The zero-order valence-electron chi connectivity index (χ0n) is 16.3. The maximum absolute atomic E-state index is 13.4. The lowest BCUT2D eigenvalue weighted by Gasteiger charge is -2.25. The molecule has 0 saturated carbocycles. The van der Waals surface area contributed by atoms with Crippen LogP contribution in [0.3, 0.4) is 0 Å². The minimum Gasteiger partial charge on any atom is -0.450 e. The van der Waals surface area contributed by atoms with Gasteiger partial charge >= 0.3 is 0 Å². The van der Waals surface area contributed by atoms with E-state index in [0.29, 0.717) is 28.1 Å². The third-order valence-corrected chi connectivity index (χ3v) is 5.75. The van der Waals surface area contributed by atoms with Crippen LogP contribution in [0.4, 0.5) is 0 Å². The molecule has 1 aliphatic rings. The van der Waals surface area contributed by atoms with Crippen molar-refractivity contribution in [1.29, 1.82) is 0 Å². The number of rotatable bonds is 3. The highest BCUT2D eigenvalue weighted by Crippen LogP contribution is 2.39. The molecular formula is C25H18ClNO3. The van der Waals surface area contributed by atoms with Gasteiger partial charge < -0.3 is 9.32 Å². The SMILES string of the molecule is Cc1ccc(CN2C(=O)c3oc4ccc(Cl)cc4c(=O)c3C2c2ccccc2)cc1. The van der Waals surface area contributed by atoms with Crippen molar-refractivity contribution in [3.8, 4) is 0 Å². The maximum Gasteiger partial charge on any atom is 0.291 e. The molecule has 4 aromatic rings. The maximum atomic E-state index is 13.4. The number of hydrogen-bond donors (Lipinski definition) is 0. The Morgan fingerprint density at radius 1 is 0.967 bits per heavy atom. The molecule has 0 spiro atoms. The molecule has 1 unspecified atom stereocenters. The molecular weight excluding hydrogens is 398 g/mol. The quantitative estimate of drug-likeness (QED) is 0.444. The summed E-state index contributed by atoms with van der Waals surface area (Å²) in [5, 5.41) is 0.832. The molecule has 3 aromatic carbocycles. The van der Waals surface area contributed by atoms with Crippen LogP contribution >= 0.6 is 11.6 Å². The summed E-state index contributed by atoms with van der Waals surface area (Å²) in [6.45, 7) is 2.39. The summed E-state index contributed by atoms with van der Waals surface area (Å²) in [6, 6.07) is 22.0. The molecule has 1 aromatic heterocycles. The number of halogens is 1. The largest absolute Gasteiger partial charge is 0.450 e. The van der Waals surface area contributed by atoms with Gasteiger partial charge in [-0.3, -0.25) is 9.59 Å². The average molecular weight is 416 g/mol. The van der Waals surface area contributed by atoms with E-state index in [1.807, 2.05) is 61.5 Å². The Morgan fingerprint density at radius 3 is 2.43 bits per heavy atom. The molecule has 1 amide bonds. The van der Waals surface area contributed by atoms with Crippen molar-refractivity contribution in [3.05, 3.63) is 116 Å². The van der Waals surface area contributed by atoms with E-state index in [-0.39, 0.29) is 17.1 Å². The predicted octanol–water partition coefficient (Wildman–Crippen LogP) is 5.50. The Hall–Kier alpha value is -3.37. The fourth-order valence-corrected chi connectivity index (χ4v) is 4.20. The Balaban J connectivity index is 1.72. The number of carbonyl (C=O) groups is 1. The van der Waals surface area contributed by atoms with Gasteiger partial charge in [0.25, 0.3) is 5.91 Å². The average Bonchev–Trinajstić information content (AvgIpc) is 3.03.